The number of nitrogens with two attached hydrogens (primary N) is 1. The van der Waals surface area contributed by atoms with E-state index in [-0.39, 0.29) is 11.6 Å². The van der Waals surface area contributed by atoms with Gasteiger partial charge < -0.3 is 10.5 Å². The van der Waals surface area contributed by atoms with Crippen LogP contribution in [0.3, 0.4) is 0 Å². The third-order valence-electron chi connectivity index (χ3n) is 4.41. The lowest BCUT2D eigenvalue weighted by molar-refractivity contribution is -0.0671. The molecule has 1 atom stereocenters. The zero-order chi connectivity index (χ0) is 14.0. The normalized spacial score (nSPS) is 29.2. The zero-order valence-corrected chi connectivity index (χ0v) is 13.0. The highest BCUT2D eigenvalue weighted by molar-refractivity contribution is 6.42. The number of halogens is 2. The van der Waals surface area contributed by atoms with Crippen molar-refractivity contribution in [3.05, 3.63) is 33.8 Å². The SMILES string of the molecule is COC1(C(N)c2cccc(Cl)c2Cl)CCC(C)CC1. The molecule has 0 radical (unpaired) electrons. The van der Waals surface area contributed by atoms with Gasteiger partial charge in [0.25, 0.3) is 0 Å². The summed E-state index contributed by atoms with van der Waals surface area (Å²) < 4.78 is 5.81. The van der Waals surface area contributed by atoms with E-state index in [2.05, 4.69) is 6.92 Å². The Balaban J connectivity index is 2.30. The molecule has 106 valence electrons. The van der Waals surface area contributed by atoms with Crippen molar-refractivity contribution in [1.82, 2.24) is 0 Å². The molecule has 1 aliphatic rings. The van der Waals surface area contributed by atoms with Crippen LogP contribution in [0.15, 0.2) is 18.2 Å². The van der Waals surface area contributed by atoms with Crippen LogP contribution in [0.2, 0.25) is 10.0 Å². The molecule has 1 fully saturated rings. The van der Waals surface area contributed by atoms with Crippen molar-refractivity contribution in [1.29, 1.82) is 0 Å². The Morgan fingerprint density at radius 2 is 1.95 bits per heavy atom. The molecule has 2 N–H and O–H groups in total. The van der Waals surface area contributed by atoms with E-state index in [1.807, 2.05) is 12.1 Å². The summed E-state index contributed by atoms with van der Waals surface area (Å²) in [6, 6.07) is 5.37. The fraction of sp³-hybridized carbons (Fsp3) is 0.600. The van der Waals surface area contributed by atoms with Gasteiger partial charge in [-0.3, -0.25) is 0 Å². The lowest BCUT2D eigenvalue weighted by atomic mass is 9.74. The predicted octanol–water partition coefficient (Wildman–Crippen LogP) is 4.59. The Labute approximate surface area is 125 Å². The molecule has 2 nitrogen and oxygen atoms in total. The lowest BCUT2D eigenvalue weighted by Crippen LogP contribution is -2.45. The fourth-order valence-corrected chi connectivity index (χ4v) is 3.36. The van der Waals surface area contributed by atoms with Crippen LogP contribution < -0.4 is 5.73 Å². The van der Waals surface area contributed by atoms with E-state index < -0.39 is 0 Å². The first kappa shape index (κ1) is 15.1. The molecule has 19 heavy (non-hydrogen) atoms. The lowest BCUT2D eigenvalue weighted by Gasteiger charge is -2.43. The molecular formula is C15H21Cl2NO. The number of ether oxygens (including phenoxy) is 1. The number of rotatable bonds is 3. The van der Waals surface area contributed by atoms with Gasteiger partial charge in [0.2, 0.25) is 0 Å². The fourth-order valence-electron chi connectivity index (χ4n) is 2.94. The second-order valence-corrected chi connectivity index (χ2v) is 6.36. The van der Waals surface area contributed by atoms with Crippen LogP contribution in [0.1, 0.15) is 44.2 Å². The van der Waals surface area contributed by atoms with E-state index in [9.17, 15) is 0 Å². The molecule has 0 heterocycles. The molecule has 2 rings (SSSR count). The zero-order valence-electron chi connectivity index (χ0n) is 11.5. The van der Waals surface area contributed by atoms with Crippen LogP contribution in [0, 0.1) is 5.92 Å². The van der Waals surface area contributed by atoms with Crippen molar-refractivity contribution in [2.24, 2.45) is 11.7 Å². The monoisotopic (exact) mass is 301 g/mol. The summed E-state index contributed by atoms with van der Waals surface area (Å²) in [6.07, 6.45) is 4.21. The second kappa shape index (κ2) is 6.01. The van der Waals surface area contributed by atoms with Crippen molar-refractivity contribution in [2.45, 2.75) is 44.2 Å². The Morgan fingerprint density at radius 1 is 1.32 bits per heavy atom. The molecule has 1 saturated carbocycles. The van der Waals surface area contributed by atoms with Gasteiger partial charge in [0.05, 0.1) is 21.7 Å². The Hall–Kier alpha value is -0.280. The first-order valence-corrected chi connectivity index (χ1v) is 7.50. The highest BCUT2D eigenvalue weighted by Gasteiger charge is 2.41. The summed E-state index contributed by atoms with van der Waals surface area (Å²) in [5.74, 6) is 0.741. The van der Waals surface area contributed by atoms with E-state index in [4.69, 9.17) is 33.7 Å². The van der Waals surface area contributed by atoms with Crippen molar-refractivity contribution in [2.75, 3.05) is 7.11 Å². The van der Waals surface area contributed by atoms with Gasteiger partial charge in [-0.05, 0) is 43.2 Å². The molecule has 0 amide bonds. The highest BCUT2D eigenvalue weighted by atomic mass is 35.5. The summed E-state index contributed by atoms with van der Waals surface area (Å²) in [5, 5.41) is 1.09. The summed E-state index contributed by atoms with van der Waals surface area (Å²) in [4.78, 5) is 0. The maximum atomic E-state index is 6.46. The maximum absolute atomic E-state index is 6.46. The molecule has 4 heteroatoms. The Morgan fingerprint density at radius 3 is 2.53 bits per heavy atom. The molecule has 1 aromatic carbocycles. The van der Waals surface area contributed by atoms with Crippen LogP contribution in [0.4, 0.5) is 0 Å². The summed E-state index contributed by atoms with van der Waals surface area (Å²) in [7, 11) is 1.74. The van der Waals surface area contributed by atoms with E-state index >= 15 is 0 Å². The molecule has 0 aromatic heterocycles. The van der Waals surface area contributed by atoms with Gasteiger partial charge in [0.15, 0.2) is 0 Å². The van der Waals surface area contributed by atoms with Gasteiger partial charge in [-0.1, -0.05) is 42.3 Å². The minimum Gasteiger partial charge on any atom is -0.376 e. The number of benzene rings is 1. The van der Waals surface area contributed by atoms with Crippen molar-refractivity contribution in [3.8, 4) is 0 Å². The van der Waals surface area contributed by atoms with Crippen LogP contribution in [-0.4, -0.2) is 12.7 Å². The van der Waals surface area contributed by atoms with E-state index in [0.717, 1.165) is 37.2 Å². The highest BCUT2D eigenvalue weighted by Crippen LogP contribution is 2.44. The predicted molar refractivity (Wildman–Crippen MR) is 80.8 cm³/mol. The van der Waals surface area contributed by atoms with Gasteiger partial charge in [-0.15, -0.1) is 0 Å². The standard InChI is InChI=1S/C15H21Cl2NO/c1-10-6-8-15(19-2,9-7-10)14(18)11-4-3-5-12(16)13(11)17/h3-5,10,14H,6-9,18H2,1-2H3. The quantitative estimate of drug-likeness (QED) is 0.886. The van der Waals surface area contributed by atoms with Gasteiger partial charge in [-0.2, -0.15) is 0 Å². The minimum absolute atomic E-state index is 0.240. The van der Waals surface area contributed by atoms with Crippen molar-refractivity contribution >= 4 is 23.2 Å². The molecule has 1 aliphatic carbocycles. The molecule has 0 saturated heterocycles. The van der Waals surface area contributed by atoms with Gasteiger partial charge in [-0.25, -0.2) is 0 Å². The first-order chi connectivity index (χ1) is 9.00. The van der Waals surface area contributed by atoms with Gasteiger partial charge in [0, 0.05) is 7.11 Å². The van der Waals surface area contributed by atoms with E-state index in [0.29, 0.717) is 10.0 Å². The molecule has 0 aliphatic heterocycles. The van der Waals surface area contributed by atoms with Crippen LogP contribution in [0.25, 0.3) is 0 Å². The van der Waals surface area contributed by atoms with Crippen molar-refractivity contribution < 1.29 is 4.74 Å². The number of methoxy groups -OCH3 is 1. The third-order valence-corrected chi connectivity index (χ3v) is 5.24. The van der Waals surface area contributed by atoms with E-state index in [1.165, 1.54) is 0 Å². The third kappa shape index (κ3) is 2.92. The Kier molecular flexibility index (Phi) is 4.78. The van der Waals surface area contributed by atoms with Crippen LogP contribution in [0.5, 0.6) is 0 Å². The van der Waals surface area contributed by atoms with Crippen molar-refractivity contribution in [3.63, 3.8) is 0 Å². The number of hydrogen-bond donors (Lipinski definition) is 1. The van der Waals surface area contributed by atoms with Gasteiger partial charge in [0.1, 0.15) is 0 Å². The minimum atomic E-state index is -0.319. The second-order valence-electron chi connectivity index (χ2n) is 5.57. The Bertz CT molecular complexity index is 442. The maximum Gasteiger partial charge on any atom is 0.0871 e. The number of hydrogen-bond acceptors (Lipinski definition) is 2. The van der Waals surface area contributed by atoms with Gasteiger partial charge >= 0.3 is 0 Å². The molecule has 0 bridgehead atoms. The summed E-state index contributed by atoms with van der Waals surface area (Å²) >= 11 is 12.4. The largest absolute Gasteiger partial charge is 0.376 e. The average Bonchev–Trinajstić information content (AvgIpc) is 2.42. The topological polar surface area (TPSA) is 35.2 Å². The first-order valence-electron chi connectivity index (χ1n) is 6.75. The molecule has 0 spiro atoms. The molecule has 1 unspecified atom stereocenters. The smallest absolute Gasteiger partial charge is 0.0871 e. The average molecular weight is 302 g/mol. The molecule has 1 aromatic rings. The van der Waals surface area contributed by atoms with Crippen LogP contribution in [-0.2, 0) is 4.74 Å². The summed E-state index contributed by atoms with van der Waals surface area (Å²) in [6.45, 7) is 2.28. The summed E-state index contributed by atoms with van der Waals surface area (Å²) in [5.41, 5.74) is 7.02. The molecular weight excluding hydrogens is 281 g/mol. The van der Waals surface area contributed by atoms with Crippen LogP contribution >= 0.6 is 23.2 Å². The van der Waals surface area contributed by atoms with E-state index in [1.54, 1.807) is 13.2 Å².